The maximum absolute atomic E-state index is 12.2. The van der Waals surface area contributed by atoms with Crippen LogP contribution < -0.4 is 5.32 Å². The minimum absolute atomic E-state index is 0.0334. The van der Waals surface area contributed by atoms with Crippen LogP contribution in [0.4, 0.5) is 0 Å². The van der Waals surface area contributed by atoms with Crippen molar-refractivity contribution >= 4 is 16.7 Å². The molecule has 21 heavy (non-hydrogen) atoms. The van der Waals surface area contributed by atoms with Gasteiger partial charge < -0.3 is 10.2 Å². The van der Waals surface area contributed by atoms with E-state index in [-0.39, 0.29) is 11.9 Å². The summed E-state index contributed by atoms with van der Waals surface area (Å²) in [6, 6.07) is 14.2. The molecule has 1 saturated heterocycles. The molecule has 1 fully saturated rings. The first-order chi connectivity index (χ1) is 10.2. The molecule has 1 atom stereocenters. The van der Waals surface area contributed by atoms with Crippen molar-refractivity contribution in [3.63, 3.8) is 0 Å². The Morgan fingerprint density at radius 2 is 1.86 bits per heavy atom. The van der Waals surface area contributed by atoms with Gasteiger partial charge in [0.25, 0.3) is 5.91 Å². The number of fused-ring (bicyclic) bond motifs is 1. The molecule has 1 heterocycles. The quantitative estimate of drug-likeness (QED) is 0.917. The summed E-state index contributed by atoms with van der Waals surface area (Å²) in [4.78, 5) is 14.5. The standard InChI is InChI=1S/C16H18N2O.C2H6/c1-18-9-8-15(11-18)17-16(19)14-7-6-12-4-2-3-5-13(12)10-14;1-2/h2-7,10,15H,8-9,11H2,1H3,(H,17,19);1-2H3. The van der Waals surface area contributed by atoms with Crippen molar-refractivity contribution in [3.05, 3.63) is 48.0 Å². The molecule has 1 unspecified atom stereocenters. The number of carbonyl (C=O) groups is 1. The van der Waals surface area contributed by atoms with Crippen LogP contribution in [0.3, 0.4) is 0 Å². The first kappa shape index (κ1) is 15.5. The normalized spacial score (nSPS) is 18.1. The molecule has 0 bridgehead atoms. The van der Waals surface area contributed by atoms with Gasteiger partial charge in [0.2, 0.25) is 0 Å². The van der Waals surface area contributed by atoms with Crippen molar-refractivity contribution in [3.8, 4) is 0 Å². The zero-order valence-corrected chi connectivity index (χ0v) is 13.1. The van der Waals surface area contributed by atoms with Crippen LogP contribution >= 0.6 is 0 Å². The summed E-state index contributed by atoms with van der Waals surface area (Å²) >= 11 is 0. The van der Waals surface area contributed by atoms with Gasteiger partial charge in [-0.15, -0.1) is 0 Å². The van der Waals surface area contributed by atoms with Crippen LogP contribution in [0.2, 0.25) is 0 Å². The van der Waals surface area contributed by atoms with Crippen LogP contribution in [0.25, 0.3) is 10.8 Å². The summed E-state index contributed by atoms with van der Waals surface area (Å²) in [7, 11) is 2.09. The van der Waals surface area contributed by atoms with Gasteiger partial charge in [-0.3, -0.25) is 4.79 Å². The zero-order valence-electron chi connectivity index (χ0n) is 13.1. The molecule has 2 aromatic rings. The Bertz CT molecular complexity index is 609. The fourth-order valence-electron chi connectivity index (χ4n) is 2.65. The van der Waals surface area contributed by atoms with E-state index in [9.17, 15) is 4.79 Å². The Morgan fingerprint density at radius 3 is 2.52 bits per heavy atom. The van der Waals surface area contributed by atoms with Gasteiger partial charge in [0.1, 0.15) is 0 Å². The van der Waals surface area contributed by atoms with Crippen LogP contribution in [0.15, 0.2) is 42.5 Å². The van der Waals surface area contributed by atoms with Crippen LogP contribution in [-0.4, -0.2) is 37.0 Å². The number of hydrogen-bond donors (Lipinski definition) is 1. The van der Waals surface area contributed by atoms with E-state index in [0.29, 0.717) is 0 Å². The fraction of sp³-hybridized carbons (Fsp3) is 0.389. The molecule has 2 aromatic carbocycles. The van der Waals surface area contributed by atoms with Crippen LogP contribution in [-0.2, 0) is 0 Å². The summed E-state index contributed by atoms with van der Waals surface area (Å²) in [5.41, 5.74) is 0.744. The van der Waals surface area contributed by atoms with Crippen molar-refractivity contribution in [1.82, 2.24) is 10.2 Å². The van der Waals surface area contributed by atoms with Gasteiger partial charge in [-0.1, -0.05) is 44.2 Å². The van der Waals surface area contributed by atoms with Gasteiger partial charge in [-0.2, -0.15) is 0 Å². The van der Waals surface area contributed by atoms with E-state index in [2.05, 4.69) is 23.3 Å². The summed E-state index contributed by atoms with van der Waals surface area (Å²) < 4.78 is 0. The monoisotopic (exact) mass is 284 g/mol. The van der Waals surface area contributed by atoms with E-state index >= 15 is 0 Å². The van der Waals surface area contributed by atoms with E-state index in [4.69, 9.17) is 0 Å². The molecular formula is C18H24N2O. The highest BCUT2D eigenvalue weighted by Crippen LogP contribution is 2.16. The molecule has 0 spiro atoms. The zero-order chi connectivity index (χ0) is 15.2. The molecule has 3 nitrogen and oxygen atoms in total. The second-order valence-corrected chi connectivity index (χ2v) is 5.28. The van der Waals surface area contributed by atoms with Crippen LogP contribution in [0.1, 0.15) is 30.6 Å². The highest BCUT2D eigenvalue weighted by atomic mass is 16.1. The second kappa shape index (κ2) is 7.23. The smallest absolute Gasteiger partial charge is 0.251 e. The van der Waals surface area contributed by atoms with Crippen molar-refractivity contribution in [2.24, 2.45) is 0 Å². The van der Waals surface area contributed by atoms with Gasteiger partial charge in [0, 0.05) is 18.2 Å². The van der Waals surface area contributed by atoms with Crippen molar-refractivity contribution < 1.29 is 4.79 Å². The molecular weight excluding hydrogens is 260 g/mol. The number of carbonyl (C=O) groups excluding carboxylic acids is 1. The maximum atomic E-state index is 12.2. The predicted octanol–water partition coefficient (Wildman–Crippen LogP) is 3.30. The summed E-state index contributed by atoms with van der Waals surface area (Å²) in [6.45, 7) is 6.00. The number of likely N-dealkylation sites (N-methyl/N-ethyl adjacent to an activating group) is 1. The van der Waals surface area contributed by atoms with E-state index in [0.717, 1.165) is 30.5 Å². The lowest BCUT2D eigenvalue weighted by Gasteiger charge is -2.13. The number of benzene rings is 2. The molecule has 1 aliphatic heterocycles. The lowest BCUT2D eigenvalue weighted by Crippen LogP contribution is -2.36. The maximum Gasteiger partial charge on any atom is 0.251 e. The average Bonchev–Trinajstić information content (AvgIpc) is 2.94. The molecule has 0 aliphatic carbocycles. The molecule has 0 aromatic heterocycles. The first-order valence-corrected chi connectivity index (χ1v) is 7.70. The molecule has 0 saturated carbocycles. The first-order valence-electron chi connectivity index (χ1n) is 7.70. The topological polar surface area (TPSA) is 32.3 Å². The summed E-state index contributed by atoms with van der Waals surface area (Å²) in [5.74, 6) is 0.0334. The average molecular weight is 284 g/mol. The Balaban J connectivity index is 0.000000774. The molecule has 3 heteroatoms. The Labute approximate surface area is 127 Å². The number of amides is 1. The van der Waals surface area contributed by atoms with E-state index in [1.54, 1.807) is 0 Å². The van der Waals surface area contributed by atoms with E-state index in [1.807, 2.05) is 50.2 Å². The Kier molecular flexibility index (Phi) is 5.34. The molecule has 112 valence electrons. The molecule has 1 aliphatic rings. The lowest BCUT2D eigenvalue weighted by molar-refractivity contribution is 0.0938. The third kappa shape index (κ3) is 3.82. The fourth-order valence-corrected chi connectivity index (χ4v) is 2.65. The SMILES string of the molecule is CC.CN1CCC(NC(=O)c2ccc3ccccc3c2)C1. The van der Waals surface area contributed by atoms with Crippen molar-refractivity contribution in [1.29, 1.82) is 0 Å². The highest BCUT2D eigenvalue weighted by Gasteiger charge is 2.21. The molecule has 3 rings (SSSR count). The highest BCUT2D eigenvalue weighted by molar-refractivity contribution is 5.98. The van der Waals surface area contributed by atoms with E-state index in [1.165, 1.54) is 5.39 Å². The van der Waals surface area contributed by atoms with Gasteiger partial charge >= 0.3 is 0 Å². The minimum atomic E-state index is 0.0334. The van der Waals surface area contributed by atoms with Crippen LogP contribution in [0.5, 0.6) is 0 Å². The largest absolute Gasteiger partial charge is 0.348 e. The molecule has 0 radical (unpaired) electrons. The summed E-state index contributed by atoms with van der Waals surface area (Å²) in [5, 5.41) is 5.39. The van der Waals surface area contributed by atoms with Crippen molar-refractivity contribution in [2.75, 3.05) is 20.1 Å². The third-order valence-corrected chi connectivity index (χ3v) is 3.74. The van der Waals surface area contributed by atoms with Gasteiger partial charge in [-0.05, 0) is 42.9 Å². The third-order valence-electron chi connectivity index (χ3n) is 3.74. The van der Waals surface area contributed by atoms with E-state index < -0.39 is 0 Å². The summed E-state index contributed by atoms with van der Waals surface area (Å²) in [6.07, 6.45) is 1.04. The number of nitrogens with one attached hydrogen (secondary N) is 1. The predicted molar refractivity (Wildman–Crippen MR) is 88.7 cm³/mol. The lowest BCUT2D eigenvalue weighted by atomic mass is 10.1. The van der Waals surface area contributed by atoms with Crippen molar-refractivity contribution in [2.45, 2.75) is 26.3 Å². The number of hydrogen-bond acceptors (Lipinski definition) is 2. The second-order valence-electron chi connectivity index (χ2n) is 5.28. The van der Waals surface area contributed by atoms with Gasteiger partial charge in [-0.25, -0.2) is 0 Å². The molecule has 1 N–H and O–H groups in total. The van der Waals surface area contributed by atoms with Gasteiger partial charge in [0.05, 0.1) is 0 Å². The minimum Gasteiger partial charge on any atom is -0.348 e. The number of rotatable bonds is 2. The Morgan fingerprint density at radius 1 is 1.14 bits per heavy atom. The van der Waals surface area contributed by atoms with Gasteiger partial charge in [0.15, 0.2) is 0 Å². The number of likely N-dealkylation sites (tertiary alicyclic amines) is 1. The number of nitrogens with zero attached hydrogens (tertiary/aromatic N) is 1. The Hall–Kier alpha value is -1.87. The van der Waals surface area contributed by atoms with Crippen LogP contribution in [0, 0.1) is 0 Å². The molecule has 1 amide bonds.